The van der Waals surface area contributed by atoms with Crippen LogP contribution in [0.2, 0.25) is 0 Å². The first-order valence-corrected chi connectivity index (χ1v) is 8.15. The third-order valence-corrected chi connectivity index (χ3v) is 5.40. The maximum atomic E-state index is 12.3. The Labute approximate surface area is 119 Å². The van der Waals surface area contributed by atoms with Crippen LogP contribution in [-0.4, -0.2) is 30.4 Å². The monoisotopic (exact) mass is 278 g/mol. The summed E-state index contributed by atoms with van der Waals surface area (Å²) >= 11 is 1.68. The number of hydrogen-bond acceptors (Lipinski definition) is 3. The van der Waals surface area contributed by atoms with Gasteiger partial charge in [-0.1, -0.05) is 19.3 Å². The standard InChI is InChI=1S/C15H22N2OS/c1-17-8-7-11-9-13(19-14(11)10-17)15(18)16-12-5-3-2-4-6-12/h9,12H,2-8,10H2,1H3,(H,16,18). The summed E-state index contributed by atoms with van der Waals surface area (Å²) in [5, 5.41) is 3.21. The molecular formula is C15H22N2OS. The lowest BCUT2D eigenvalue weighted by molar-refractivity contribution is 0.0932. The number of amides is 1. The lowest BCUT2D eigenvalue weighted by atomic mass is 9.95. The van der Waals surface area contributed by atoms with Gasteiger partial charge in [0.15, 0.2) is 0 Å². The van der Waals surface area contributed by atoms with E-state index in [9.17, 15) is 4.79 Å². The largest absolute Gasteiger partial charge is 0.349 e. The molecule has 1 N–H and O–H groups in total. The minimum atomic E-state index is 0.147. The van der Waals surface area contributed by atoms with E-state index in [0.29, 0.717) is 6.04 Å². The van der Waals surface area contributed by atoms with Crippen LogP contribution in [0.3, 0.4) is 0 Å². The first-order chi connectivity index (χ1) is 9.22. The van der Waals surface area contributed by atoms with Gasteiger partial charge in [0, 0.05) is 24.0 Å². The van der Waals surface area contributed by atoms with E-state index in [1.54, 1.807) is 11.3 Å². The summed E-state index contributed by atoms with van der Waals surface area (Å²) in [6.45, 7) is 2.10. The van der Waals surface area contributed by atoms with Gasteiger partial charge < -0.3 is 10.2 Å². The summed E-state index contributed by atoms with van der Waals surface area (Å²) < 4.78 is 0. The number of thiophene rings is 1. The van der Waals surface area contributed by atoms with Crippen molar-refractivity contribution >= 4 is 17.2 Å². The van der Waals surface area contributed by atoms with Crippen molar-refractivity contribution in [3.8, 4) is 0 Å². The summed E-state index contributed by atoms with van der Waals surface area (Å²) in [6, 6.07) is 2.52. The Morgan fingerprint density at radius 1 is 1.37 bits per heavy atom. The minimum absolute atomic E-state index is 0.147. The van der Waals surface area contributed by atoms with Crippen molar-refractivity contribution in [1.82, 2.24) is 10.2 Å². The molecule has 0 spiro atoms. The summed E-state index contributed by atoms with van der Waals surface area (Å²) in [6.07, 6.45) is 7.23. The Morgan fingerprint density at radius 2 is 2.16 bits per heavy atom. The minimum Gasteiger partial charge on any atom is -0.349 e. The second kappa shape index (κ2) is 5.63. The molecule has 1 aromatic rings. The van der Waals surface area contributed by atoms with Gasteiger partial charge in [0.25, 0.3) is 5.91 Å². The van der Waals surface area contributed by atoms with Crippen LogP contribution < -0.4 is 5.32 Å². The fraction of sp³-hybridized carbons (Fsp3) is 0.667. The molecule has 1 aromatic heterocycles. The number of hydrogen-bond donors (Lipinski definition) is 1. The van der Waals surface area contributed by atoms with Gasteiger partial charge in [0.1, 0.15) is 0 Å². The molecule has 0 aromatic carbocycles. The van der Waals surface area contributed by atoms with Crippen molar-refractivity contribution in [1.29, 1.82) is 0 Å². The zero-order valence-corrected chi connectivity index (χ0v) is 12.4. The van der Waals surface area contributed by atoms with Gasteiger partial charge in [-0.05, 0) is 37.9 Å². The molecule has 0 unspecified atom stereocenters. The normalized spacial score (nSPS) is 21.1. The Morgan fingerprint density at radius 3 is 2.95 bits per heavy atom. The molecule has 19 heavy (non-hydrogen) atoms. The molecule has 0 saturated heterocycles. The predicted molar refractivity (Wildman–Crippen MR) is 78.7 cm³/mol. The molecule has 2 heterocycles. The molecule has 1 saturated carbocycles. The molecule has 3 nitrogen and oxygen atoms in total. The van der Waals surface area contributed by atoms with Gasteiger partial charge in [-0.3, -0.25) is 4.79 Å². The quantitative estimate of drug-likeness (QED) is 0.902. The van der Waals surface area contributed by atoms with E-state index in [-0.39, 0.29) is 5.91 Å². The summed E-state index contributed by atoms with van der Waals surface area (Å²) in [7, 11) is 2.14. The van der Waals surface area contributed by atoms with Crippen LogP contribution in [0.4, 0.5) is 0 Å². The number of rotatable bonds is 2. The highest BCUT2D eigenvalue weighted by molar-refractivity contribution is 7.14. The molecule has 3 rings (SSSR count). The van der Waals surface area contributed by atoms with Gasteiger partial charge in [-0.25, -0.2) is 0 Å². The Bertz CT molecular complexity index is 463. The van der Waals surface area contributed by atoms with E-state index in [4.69, 9.17) is 0 Å². The zero-order chi connectivity index (χ0) is 13.2. The number of likely N-dealkylation sites (N-methyl/N-ethyl adjacent to an activating group) is 1. The molecule has 1 amide bonds. The second-order valence-electron chi connectivity index (χ2n) is 5.86. The number of nitrogens with one attached hydrogen (secondary N) is 1. The Kier molecular flexibility index (Phi) is 3.89. The first kappa shape index (κ1) is 13.1. The third kappa shape index (κ3) is 3.00. The van der Waals surface area contributed by atoms with Crippen molar-refractivity contribution in [2.75, 3.05) is 13.6 Å². The number of carbonyl (C=O) groups excluding carboxylic acids is 1. The SMILES string of the molecule is CN1CCc2cc(C(=O)NC3CCCCC3)sc2C1. The van der Waals surface area contributed by atoms with Crippen LogP contribution in [0.15, 0.2) is 6.07 Å². The highest BCUT2D eigenvalue weighted by Crippen LogP contribution is 2.28. The predicted octanol–water partition coefficient (Wildman–Crippen LogP) is 2.80. The highest BCUT2D eigenvalue weighted by Gasteiger charge is 2.21. The number of carbonyl (C=O) groups is 1. The summed E-state index contributed by atoms with van der Waals surface area (Å²) in [4.78, 5) is 16.9. The van der Waals surface area contributed by atoms with Gasteiger partial charge >= 0.3 is 0 Å². The lowest BCUT2D eigenvalue weighted by Gasteiger charge is -2.22. The van der Waals surface area contributed by atoms with E-state index in [2.05, 4.69) is 23.3 Å². The van der Waals surface area contributed by atoms with Gasteiger partial charge in [0.05, 0.1) is 4.88 Å². The molecule has 0 bridgehead atoms. The number of fused-ring (bicyclic) bond motifs is 1. The topological polar surface area (TPSA) is 32.3 Å². The van der Waals surface area contributed by atoms with Crippen molar-refractivity contribution in [3.05, 3.63) is 21.4 Å². The van der Waals surface area contributed by atoms with Crippen LogP contribution in [0.1, 0.15) is 52.2 Å². The highest BCUT2D eigenvalue weighted by atomic mass is 32.1. The average molecular weight is 278 g/mol. The van der Waals surface area contributed by atoms with Crippen molar-refractivity contribution in [3.63, 3.8) is 0 Å². The van der Waals surface area contributed by atoms with Crippen molar-refractivity contribution in [2.24, 2.45) is 0 Å². The van der Waals surface area contributed by atoms with Crippen LogP contribution >= 0.6 is 11.3 Å². The molecule has 2 aliphatic rings. The summed E-state index contributed by atoms with van der Waals surface area (Å²) in [5.74, 6) is 0.147. The van der Waals surface area contributed by atoms with Crippen LogP contribution in [0.25, 0.3) is 0 Å². The Balaban J connectivity index is 1.66. The zero-order valence-electron chi connectivity index (χ0n) is 11.6. The lowest BCUT2D eigenvalue weighted by Crippen LogP contribution is -2.35. The van der Waals surface area contributed by atoms with Crippen molar-refractivity contribution in [2.45, 2.75) is 51.1 Å². The fourth-order valence-electron chi connectivity index (χ4n) is 3.06. The maximum absolute atomic E-state index is 12.3. The van der Waals surface area contributed by atoms with Crippen LogP contribution in [-0.2, 0) is 13.0 Å². The van der Waals surface area contributed by atoms with Gasteiger partial charge in [-0.2, -0.15) is 0 Å². The molecule has 1 aliphatic heterocycles. The van der Waals surface area contributed by atoms with E-state index < -0.39 is 0 Å². The maximum Gasteiger partial charge on any atom is 0.261 e. The smallest absolute Gasteiger partial charge is 0.261 e. The Hall–Kier alpha value is -0.870. The average Bonchev–Trinajstić information content (AvgIpc) is 2.83. The van der Waals surface area contributed by atoms with Gasteiger partial charge in [-0.15, -0.1) is 11.3 Å². The molecule has 1 fully saturated rings. The molecule has 4 heteroatoms. The van der Waals surface area contributed by atoms with Crippen LogP contribution in [0, 0.1) is 0 Å². The van der Waals surface area contributed by atoms with Crippen LogP contribution in [0.5, 0.6) is 0 Å². The molecular weight excluding hydrogens is 256 g/mol. The third-order valence-electron chi connectivity index (χ3n) is 4.24. The summed E-state index contributed by atoms with van der Waals surface area (Å²) in [5.41, 5.74) is 1.39. The van der Waals surface area contributed by atoms with E-state index in [1.165, 1.54) is 29.7 Å². The van der Waals surface area contributed by atoms with E-state index >= 15 is 0 Å². The molecule has 0 atom stereocenters. The van der Waals surface area contributed by atoms with Gasteiger partial charge in [0.2, 0.25) is 0 Å². The van der Waals surface area contributed by atoms with E-state index in [0.717, 1.165) is 37.2 Å². The van der Waals surface area contributed by atoms with E-state index in [1.807, 2.05) is 0 Å². The first-order valence-electron chi connectivity index (χ1n) is 7.33. The fourth-order valence-corrected chi connectivity index (χ4v) is 4.26. The molecule has 1 aliphatic carbocycles. The second-order valence-corrected chi connectivity index (χ2v) is 6.99. The number of nitrogens with zero attached hydrogens (tertiary/aromatic N) is 1. The van der Waals surface area contributed by atoms with Crippen molar-refractivity contribution < 1.29 is 4.79 Å². The molecule has 0 radical (unpaired) electrons. The molecule has 104 valence electrons.